The van der Waals surface area contributed by atoms with Crippen molar-refractivity contribution in [1.82, 2.24) is 15.3 Å². The summed E-state index contributed by atoms with van der Waals surface area (Å²) in [5.41, 5.74) is 3.14. The van der Waals surface area contributed by atoms with Crippen LogP contribution in [-0.4, -0.2) is 29.7 Å². The number of nitrogens with zero attached hydrogens (tertiary/aromatic N) is 2. The van der Waals surface area contributed by atoms with Crippen molar-refractivity contribution in [2.24, 2.45) is 0 Å². The Morgan fingerprint density at radius 2 is 1.73 bits per heavy atom. The summed E-state index contributed by atoms with van der Waals surface area (Å²) in [6.07, 6.45) is 3.60. The number of benzene rings is 2. The summed E-state index contributed by atoms with van der Waals surface area (Å²) in [7, 11) is 1.63. The van der Waals surface area contributed by atoms with Gasteiger partial charge in [-0.1, -0.05) is 13.3 Å². The summed E-state index contributed by atoms with van der Waals surface area (Å²) in [4.78, 5) is 20.7. The zero-order valence-electron chi connectivity index (χ0n) is 17.2. The van der Waals surface area contributed by atoms with Gasteiger partial charge in [0.25, 0.3) is 0 Å². The van der Waals surface area contributed by atoms with E-state index in [-0.39, 0.29) is 12.6 Å². The largest absolute Gasteiger partial charge is 0.497 e. The Balaban J connectivity index is 1.52. The van der Waals surface area contributed by atoms with Gasteiger partial charge in [0.05, 0.1) is 31.6 Å². The van der Waals surface area contributed by atoms with Crippen molar-refractivity contribution in [3.05, 3.63) is 66.6 Å². The van der Waals surface area contributed by atoms with E-state index in [1.54, 1.807) is 7.11 Å². The fourth-order valence-corrected chi connectivity index (χ4v) is 2.73. The number of carbonyl (C=O) groups excluding carboxylic acids is 1. The zero-order valence-corrected chi connectivity index (χ0v) is 17.2. The molecule has 0 unspecified atom stereocenters. The lowest BCUT2D eigenvalue weighted by molar-refractivity contribution is 0.251. The lowest BCUT2D eigenvalue weighted by Crippen LogP contribution is -2.28. The number of hydrogen-bond donors (Lipinski definition) is 2. The van der Waals surface area contributed by atoms with Crippen LogP contribution < -0.4 is 20.1 Å². The Hall–Kier alpha value is -3.61. The third kappa shape index (κ3) is 6.20. The van der Waals surface area contributed by atoms with Crippen LogP contribution in [0.5, 0.6) is 11.5 Å². The number of hydrogen-bond acceptors (Lipinski definition) is 5. The van der Waals surface area contributed by atoms with Gasteiger partial charge in [0.15, 0.2) is 0 Å². The molecule has 0 bridgehead atoms. The molecular formula is C23H26N4O3. The minimum Gasteiger partial charge on any atom is -0.497 e. The molecule has 0 saturated carbocycles. The van der Waals surface area contributed by atoms with Gasteiger partial charge in [0, 0.05) is 11.3 Å². The highest BCUT2D eigenvalue weighted by atomic mass is 16.5. The first-order chi connectivity index (χ1) is 14.7. The quantitative estimate of drug-likeness (QED) is 0.505. The molecule has 2 N–H and O–H groups in total. The Morgan fingerprint density at radius 3 is 2.43 bits per heavy atom. The minimum atomic E-state index is -0.306. The molecular weight excluding hydrogens is 380 g/mol. The maximum Gasteiger partial charge on any atom is 0.319 e. The van der Waals surface area contributed by atoms with Gasteiger partial charge in [-0.3, -0.25) is 0 Å². The highest BCUT2D eigenvalue weighted by molar-refractivity contribution is 5.89. The number of urea groups is 1. The van der Waals surface area contributed by atoms with E-state index in [2.05, 4.69) is 27.5 Å². The van der Waals surface area contributed by atoms with Crippen LogP contribution in [0, 0.1) is 0 Å². The molecule has 0 fully saturated rings. The van der Waals surface area contributed by atoms with Crippen molar-refractivity contribution < 1.29 is 14.3 Å². The Kier molecular flexibility index (Phi) is 7.60. The van der Waals surface area contributed by atoms with E-state index in [1.807, 2.05) is 54.6 Å². The highest BCUT2D eigenvalue weighted by Gasteiger charge is 2.06. The predicted molar refractivity (Wildman–Crippen MR) is 117 cm³/mol. The summed E-state index contributed by atoms with van der Waals surface area (Å²) in [6.45, 7) is 3.10. The summed E-state index contributed by atoms with van der Waals surface area (Å²) in [5, 5.41) is 5.61. The number of methoxy groups -OCH3 is 1. The molecule has 1 aromatic heterocycles. The minimum absolute atomic E-state index is 0.287. The van der Waals surface area contributed by atoms with Gasteiger partial charge in [-0.05, 0) is 61.0 Å². The number of nitrogens with one attached hydrogen (secondary N) is 2. The lowest BCUT2D eigenvalue weighted by Gasteiger charge is -2.10. The van der Waals surface area contributed by atoms with Crippen molar-refractivity contribution in [3.8, 4) is 22.8 Å². The van der Waals surface area contributed by atoms with Crippen LogP contribution >= 0.6 is 0 Å². The summed E-state index contributed by atoms with van der Waals surface area (Å²) < 4.78 is 10.8. The lowest BCUT2D eigenvalue weighted by atomic mass is 10.1. The number of aromatic nitrogens is 2. The van der Waals surface area contributed by atoms with Crippen molar-refractivity contribution in [1.29, 1.82) is 0 Å². The van der Waals surface area contributed by atoms with Crippen molar-refractivity contribution >= 4 is 11.7 Å². The van der Waals surface area contributed by atoms with Gasteiger partial charge in [0.1, 0.15) is 17.8 Å². The van der Waals surface area contributed by atoms with Gasteiger partial charge in [0.2, 0.25) is 0 Å². The Bertz CT molecular complexity index is 943. The molecule has 0 saturated heterocycles. The molecule has 2 amide bonds. The second-order valence-electron chi connectivity index (χ2n) is 6.66. The summed E-state index contributed by atoms with van der Waals surface area (Å²) in [5.74, 6) is 1.58. The molecule has 2 aromatic carbocycles. The van der Waals surface area contributed by atoms with Crippen LogP contribution in [0.1, 0.15) is 25.5 Å². The number of unbranched alkanes of at least 4 members (excludes halogenated alkanes) is 1. The van der Waals surface area contributed by atoms with Gasteiger partial charge in [-0.25, -0.2) is 14.8 Å². The van der Waals surface area contributed by atoms with Crippen molar-refractivity contribution in [2.45, 2.75) is 26.3 Å². The average Bonchev–Trinajstić information content (AvgIpc) is 2.79. The predicted octanol–water partition coefficient (Wildman–Crippen LogP) is 4.65. The topological polar surface area (TPSA) is 85.4 Å². The second kappa shape index (κ2) is 10.8. The summed E-state index contributed by atoms with van der Waals surface area (Å²) >= 11 is 0. The fourth-order valence-electron chi connectivity index (χ4n) is 2.73. The molecule has 0 radical (unpaired) electrons. The maximum absolute atomic E-state index is 12.2. The Labute approximate surface area is 176 Å². The monoisotopic (exact) mass is 406 g/mol. The van der Waals surface area contributed by atoms with Gasteiger partial charge < -0.3 is 20.1 Å². The van der Waals surface area contributed by atoms with Crippen LogP contribution in [0.15, 0.2) is 60.9 Å². The molecule has 0 aliphatic rings. The third-order valence-corrected chi connectivity index (χ3v) is 4.42. The highest BCUT2D eigenvalue weighted by Crippen LogP contribution is 2.20. The van der Waals surface area contributed by atoms with Crippen molar-refractivity contribution in [3.63, 3.8) is 0 Å². The van der Waals surface area contributed by atoms with E-state index < -0.39 is 0 Å². The van der Waals surface area contributed by atoms with Crippen LogP contribution in [-0.2, 0) is 6.54 Å². The van der Waals surface area contributed by atoms with Gasteiger partial charge >= 0.3 is 6.03 Å². The molecule has 3 rings (SSSR count). The smallest absolute Gasteiger partial charge is 0.319 e. The molecule has 7 nitrogen and oxygen atoms in total. The molecule has 0 aliphatic carbocycles. The average molecular weight is 406 g/mol. The normalized spacial score (nSPS) is 10.3. The van der Waals surface area contributed by atoms with Crippen LogP contribution in [0.3, 0.4) is 0 Å². The summed E-state index contributed by atoms with van der Waals surface area (Å²) in [6, 6.07) is 16.5. The van der Waals surface area contributed by atoms with Crippen LogP contribution in [0.2, 0.25) is 0 Å². The zero-order chi connectivity index (χ0) is 21.2. The number of ether oxygens (including phenoxy) is 2. The first kappa shape index (κ1) is 21.1. The fraction of sp³-hybridized carbons (Fsp3) is 0.261. The van der Waals surface area contributed by atoms with E-state index in [4.69, 9.17) is 9.47 Å². The van der Waals surface area contributed by atoms with E-state index in [9.17, 15) is 4.79 Å². The van der Waals surface area contributed by atoms with Crippen LogP contribution in [0.4, 0.5) is 10.5 Å². The molecule has 0 atom stereocenters. The number of amides is 2. The molecule has 0 spiro atoms. The number of carbonyl (C=O) groups is 1. The van der Waals surface area contributed by atoms with E-state index in [0.29, 0.717) is 18.0 Å². The van der Waals surface area contributed by atoms with E-state index in [1.165, 1.54) is 6.33 Å². The first-order valence-corrected chi connectivity index (χ1v) is 9.91. The SMILES string of the molecule is CCCCOc1ccc(NC(=O)NCc2cc(-c3ccc(OC)cc3)ncn2)cc1. The maximum atomic E-state index is 12.2. The Morgan fingerprint density at radius 1 is 1.00 bits per heavy atom. The molecule has 1 heterocycles. The molecule has 7 heteroatoms. The van der Waals surface area contributed by atoms with Gasteiger partial charge in [-0.15, -0.1) is 0 Å². The standard InChI is InChI=1S/C23H26N4O3/c1-3-4-13-30-21-11-7-18(8-12-21)27-23(28)24-15-19-14-22(26-16-25-19)17-5-9-20(29-2)10-6-17/h5-12,14,16H,3-4,13,15H2,1-2H3,(H2,24,27,28). The van der Waals surface area contributed by atoms with E-state index >= 15 is 0 Å². The van der Waals surface area contributed by atoms with Crippen LogP contribution in [0.25, 0.3) is 11.3 Å². The first-order valence-electron chi connectivity index (χ1n) is 9.91. The number of rotatable bonds is 9. The second-order valence-corrected chi connectivity index (χ2v) is 6.66. The molecule has 30 heavy (non-hydrogen) atoms. The van der Waals surface area contributed by atoms with Crippen molar-refractivity contribution in [2.75, 3.05) is 19.0 Å². The van der Waals surface area contributed by atoms with Gasteiger partial charge in [-0.2, -0.15) is 0 Å². The van der Waals surface area contributed by atoms with E-state index in [0.717, 1.165) is 35.6 Å². The molecule has 156 valence electrons. The number of anilines is 1. The molecule has 0 aliphatic heterocycles. The molecule has 3 aromatic rings. The third-order valence-electron chi connectivity index (χ3n) is 4.42.